The van der Waals surface area contributed by atoms with Crippen LogP contribution in [-0.2, 0) is 9.53 Å². The number of amides is 1. The SMILES string of the molecule is NCCOCC(=O)Nc1cccc(F)c1. The van der Waals surface area contributed by atoms with Gasteiger partial charge in [-0.3, -0.25) is 4.79 Å². The van der Waals surface area contributed by atoms with Crippen LogP contribution in [0.5, 0.6) is 0 Å². The molecule has 0 radical (unpaired) electrons. The van der Waals surface area contributed by atoms with Crippen molar-refractivity contribution in [2.75, 3.05) is 25.1 Å². The molecule has 0 saturated heterocycles. The quantitative estimate of drug-likeness (QED) is 0.707. The summed E-state index contributed by atoms with van der Waals surface area (Å²) in [5.74, 6) is -0.718. The van der Waals surface area contributed by atoms with Crippen molar-refractivity contribution in [1.82, 2.24) is 0 Å². The van der Waals surface area contributed by atoms with Gasteiger partial charge in [-0.1, -0.05) is 6.07 Å². The molecule has 0 heterocycles. The van der Waals surface area contributed by atoms with E-state index in [2.05, 4.69) is 5.32 Å². The van der Waals surface area contributed by atoms with E-state index in [1.54, 1.807) is 6.07 Å². The van der Waals surface area contributed by atoms with Crippen LogP contribution in [-0.4, -0.2) is 25.7 Å². The van der Waals surface area contributed by atoms with Crippen molar-refractivity contribution in [3.63, 3.8) is 0 Å². The van der Waals surface area contributed by atoms with Crippen LogP contribution in [0.2, 0.25) is 0 Å². The van der Waals surface area contributed by atoms with E-state index >= 15 is 0 Å². The summed E-state index contributed by atoms with van der Waals surface area (Å²) < 4.78 is 17.6. The van der Waals surface area contributed by atoms with Gasteiger partial charge in [-0.2, -0.15) is 0 Å². The Hall–Kier alpha value is -1.46. The molecule has 0 aliphatic carbocycles. The molecule has 1 aromatic carbocycles. The highest BCUT2D eigenvalue weighted by Gasteiger charge is 2.02. The van der Waals surface area contributed by atoms with E-state index in [0.29, 0.717) is 18.8 Å². The molecule has 82 valence electrons. The molecule has 1 aromatic rings. The lowest BCUT2D eigenvalue weighted by molar-refractivity contribution is -0.120. The summed E-state index contributed by atoms with van der Waals surface area (Å²) in [6.07, 6.45) is 0. The Bertz CT molecular complexity index is 331. The minimum absolute atomic E-state index is 0.0757. The lowest BCUT2D eigenvalue weighted by Crippen LogP contribution is -2.20. The fourth-order valence-electron chi connectivity index (χ4n) is 1.01. The normalized spacial score (nSPS) is 10.0. The van der Waals surface area contributed by atoms with Crippen LogP contribution in [0.25, 0.3) is 0 Å². The first-order valence-corrected chi connectivity index (χ1v) is 4.55. The highest BCUT2D eigenvalue weighted by molar-refractivity contribution is 5.91. The number of hydrogen-bond acceptors (Lipinski definition) is 3. The van der Waals surface area contributed by atoms with Crippen LogP contribution >= 0.6 is 0 Å². The van der Waals surface area contributed by atoms with Crippen molar-refractivity contribution in [3.05, 3.63) is 30.1 Å². The Morgan fingerprint density at radius 1 is 1.53 bits per heavy atom. The summed E-state index contributed by atoms with van der Waals surface area (Å²) in [5.41, 5.74) is 5.59. The zero-order chi connectivity index (χ0) is 11.1. The first-order valence-electron chi connectivity index (χ1n) is 4.55. The largest absolute Gasteiger partial charge is 0.370 e. The van der Waals surface area contributed by atoms with E-state index < -0.39 is 5.82 Å². The van der Waals surface area contributed by atoms with Crippen LogP contribution in [0.4, 0.5) is 10.1 Å². The third-order valence-corrected chi connectivity index (χ3v) is 1.60. The van der Waals surface area contributed by atoms with E-state index in [-0.39, 0.29) is 12.5 Å². The van der Waals surface area contributed by atoms with Crippen LogP contribution < -0.4 is 11.1 Å². The summed E-state index contributed by atoms with van der Waals surface area (Å²) >= 11 is 0. The van der Waals surface area contributed by atoms with Crippen LogP contribution in [0.15, 0.2) is 24.3 Å². The van der Waals surface area contributed by atoms with Crippen LogP contribution in [0.3, 0.4) is 0 Å². The predicted molar refractivity (Wildman–Crippen MR) is 54.9 cm³/mol. The number of anilines is 1. The first kappa shape index (κ1) is 11.6. The molecule has 0 aliphatic rings. The third-order valence-electron chi connectivity index (χ3n) is 1.60. The van der Waals surface area contributed by atoms with Gasteiger partial charge in [0.25, 0.3) is 0 Å². The molecule has 0 bridgehead atoms. The Balaban J connectivity index is 2.37. The van der Waals surface area contributed by atoms with Crippen molar-refractivity contribution in [1.29, 1.82) is 0 Å². The van der Waals surface area contributed by atoms with Crippen molar-refractivity contribution >= 4 is 11.6 Å². The maximum Gasteiger partial charge on any atom is 0.250 e. The Labute approximate surface area is 87.2 Å². The molecule has 0 atom stereocenters. The standard InChI is InChI=1S/C10H13FN2O2/c11-8-2-1-3-9(6-8)13-10(14)7-15-5-4-12/h1-3,6H,4-5,7,12H2,(H,13,14). The summed E-state index contributed by atoms with van der Waals surface area (Å²) in [6.45, 7) is 0.623. The highest BCUT2D eigenvalue weighted by Crippen LogP contribution is 2.08. The fourth-order valence-corrected chi connectivity index (χ4v) is 1.01. The first-order chi connectivity index (χ1) is 7.22. The molecule has 15 heavy (non-hydrogen) atoms. The van der Waals surface area contributed by atoms with Gasteiger partial charge in [0.1, 0.15) is 12.4 Å². The molecule has 0 saturated carbocycles. The second-order valence-corrected chi connectivity index (χ2v) is 2.90. The van der Waals surface area contributed by atoms with Gasteiger partial charge in [-0.25, -0.2) is 4.39 Å². The summed E-state index contributed by atoms with van der Waals surface area (Å²) in [5, 5.41) is 2.50. The molecular weight excluding hydrogens is 199 g/mol. The van der Waals surface area contributed by atoms with Gasteiger partial charge in [0.05, 0.1) is 6.61 Å². The zero-order valence-corrected chi connectivity index (χ0v) is 8.20. The Kier molecular flexibility index (Phi) is 4.73. The van der Waals surface area contributed by atoms with E-state index in [9.17, 15) is 9.18 Å². The minimum Gasteiger partial charge on any atom is -0.370 e. The zero-order valence-electron chi connectivity index (χ0n) is 8.20. The Morgan fingerprint density at radius 2 is 2.33 bits per heavy atom. The van der Waals surface area contributed by atoms with Crippen molar-refractivity contribution < 1.29 is 13.9 Å². The second-order valence-electron chi connectivity index (χ2n) is 2.90. The molecule has 0 unspecified atom stereocenters. The molecule has 0 spiro atoms. The van der Waals surface area contributed by atoms with Gasteiger partial charge in [0.2, 0.25) is 5.91 Å². The minimum atomic E-state index is -0.393. The van der Waals surface area contributed by atoms with E-state index in [1.807, 2.05) is 0 Å². The monoisotopic (exact) mass is 212 g/mol. The lowest BCUT2D eigenvalue weighted by atomic mass is 10.3. The molecule has 4 nitrogen and oxygen atoms in total. The van der Waals surface area contributed by atoms with Gasteiger partial charge < -0.3 is 15.8 Å². The number of ether oxygens (including phenoxy) is 1. The van der Waals surface area contributed by atoms with E-state index in [4.69, 9.17) is 10.5 Å². The maximum atomic E-state index is 12.7. The highest BCUT2D eigenvalue weighted by atomic mass is 19.1. The van der Waals surface area contributed by atoms with Gasteiger partial charge in [0, 0.05) is 12.2 Å². The molecule has 1 amide bonds. The fraction of sp³-hybridized carbons (Fsp3) is 0.300. The topological polar surface area (TPSA) is 64.3 Å². The van der Waals surface area contributed by atoms with Gasteiger partial charge in [-0.05, 0) is 18.2 Å². The Morgan fingerprint density at radius 3 is 3.00 bits per heavy atom. The molecule has 1 rings (SSSR count). The predicted octanol–water partition coefficient (Wildman–Crippen LogP) is 0.739. The second kappa shape index (κ2) is 6.10. The lowest BCUT2D eigenvalue weighted by Gasteiger charge is -2.05. The number of benzene rings is 1. The number of halogens is 1. The van der Waals surface area contributed by atoms with Crippen molar-refractivity contribution in [2.45, 2.75) is 0 Å². The number of carbonyl (C=O) groups excluding carboxylic acids is 1. The summed E-state index contributed by atoms with van der Waals surface area (Å²) in [6, 6.07) is 5.66. The average Bonchev–Trinajstić information content (AvgIpc) is 2.18. The number of carbonyl (C=O) groups is 1. The smallest absolute Gasteiger partial charge is 0.250 e. The molecule has 0 fully saturated rings. The van der Waals surface area contributed by atoms with Gasteiger partial charge in [-0.15, -0.1) is 0 Å². The molecule has 3 N–H and O–H groups in total. The van der Waals surface area contributed by atoms with Gasteiger partial charge in [0.15, 0.2) is 0 Å². The summed E-state index contributed by atoms with van der Waals surface area (Å²) in [7, 11) is 0. The number of hydrogen-bond donors (Lipinski definition) is 2. The van der Waals surface area contributed by atoms with E-state index in [1.165, 1.54) is 18.2 Å². The maximum absolute atomic E-state index is 12.7. The van der Waals surface area contributed by atoms with Crippen LogP contribution in [0, 0.1) is 5.82 Å². The molecular formula is C10H13FN2O2. The summed E-state index contributed by atoms with van der Waals surface area (Å²) in [4.78, 5) is 11.2. The van der Waals surface area contributed by atoms with E-state index in [0.717, 1.165) is 0 Å². The van der Waals surface area contributed by atoms with Crippen molar-refractivity contribution in [3.8, 4) is 0 Å². The number of nitrogens with one attached hydrogen (secondary N) is 1. The van der Waals surface area contributed by atoms with Crippen molar-refractivity contribution in [2.24, 2.45) is 5.73 Å². The molecule has 5 heteroatoms. The van der Waals surface area contributed by atoms with Gasteiger partial charge >= 0.3 is 0 Å². The number of rotatable bonds is 5. The average molecular weight is 212 g/mol. The molecule has 0 aromatic heterocycles. The molecule has 0 aliphatic heterocycles. The van der Waals surface area contributed by atoms with Crippen LogP contribution in [0.1, 0.15) is 0 Å². The third kappa shape index (κ3) is 4.53. The number of nitrogens with two attached hydrogens (primary N) is 1.